The monoisotopic (exact) mass is 384 g/mol. The van der Waals surface area contributed by atoms with E-state index in [4.69, 9.17) is 0 Å². The van der Waals surface area contributed by atoms with Crippen molar-refractivity contribution in [3.8, 4) is 11.1 Å². The summed E-state index contributed by atoms with van der Waals surface area (Å²) in [5.74, 6) is -11.7. The van der Waals surface area contributed by atoms with Gasteiger partial charge >= 0.3 is 0 Å². The first kappa shape index (κ1) is 21.4. The zero-order valence-electron chi connectivity index (χ0n) is 13.3. The largest absolute Gasteiger partial charge is 0.246 e. The van der Waals surface area contributed by atoms with E-state index < -0.39 is 46.0 Å². The second kappa shape index (κ2) is 10.4. The Morgan fingerprint density at radius 3 is 1.80 bits per heavy atom. The molecule has 25 heavy (non-hydrogen) atoms. The van der Waals surface area contributed by atoms with E-state index in [1.54, 1.807) is 0 Å². The molecule has 0 aromatic heterocycles. The third kappa shape index (κ3) is 5.43. The molecule has 0 saturated heterocycles. The van der Waals surface area contributed by atoms with Crippen molar-refractivity contribution in [1.29, 1.82) is 0 Å². The number of hydrogen-bond donors (Lipinski definition) is 0. The van der Waals surface area contributed by atoms with Gasteiger partial charge in [0.1, 0.15) is 12.2 Å². The van der Waals surface area contributed by atoms with Gasteiger partial charge in [-0.05, 0) is 18.6 Å². The lowest BCUT2D eigenvalue weighted by Crippen LogP contribution is -2.04. The van der Waals surface area contributed by atoms with Crippen LogP contribution in [0.5, 0.6) is 0 Å². The molecule has 1 atom stereocenters. The number of unbranched alkanes of at least 4 members (excludes halogenated alkanes) is 1. The third-order valence-electron chi connectivity index (χ3n) is 3.15. The molecule has 0 fully saturated rings. The first-order valence-corrected chi connectivity index (χ1v) is 8.81. The average molecular weight is 384 g/mol. The van der Waals surface area contributed by atoms with E-state index in [2.05, 4.69) is 6.92 Å². The van der Waals surface area contributed by atoms with Crippen molar-refractivity contribution < 1.29 is 30.7 Å². The topological polar surface area (TPSA) is 0 Å². The summed E-state index contributed by atoms with van der Waals surface area (Å²) in [5, 5.41) is 0. The van der Waals surface area contributed by atoms with Crippen molar-refractivity contribution in [3.63, 3.8) is 0 Å². The number of alkyl halides is 1. The first-order valence-electron chi connectivity index (χ1n) is 7.39. The van der Waals surface area contributed by atoms with Crippen LogP contribution in [0.1, 0.15) is 19.8 Å². The van der Waals surface area contributed by atoms with Crippen LogP contribution in [0.15, 0.2) is 24.3 Å². The third-order valence-corrected chi connectivity index (χ3v) is 4.05. The van der Waals surface area contributed by atoms with E-state index in [0.717, 1.165) is 18.3 Å². The molecule has 0 N–H and O–H groups in total. The Morgan fingerprint density at radius 2 is 1.32 bits per heavy atom. The van der Waals surface area contributed by atoms with Gasteiger partial charge in [-0.3, -0.25) is 0 Å². The minimum absolute atomic E-state index is 0.111. The Balaban J connectivity index is 0.000000381. The Hall–Kier alpha value is -1.62. The molecule has 1 unspecified atom stereocenters. The highest BCUT2D eigenvalue weighted by atomic mass is 31.1. The van der Waals surface area contributed by atoms with Crippen molar-refractivity contribution in [2.75, 3.05) is 12.6 Å². The van der Waals surface area contributed by atoms with Gasteiger partial charge in [-0.1, -0.05) is 40.1 Å². The molecule has 0 nitrogen and oxygen atoms in total. The number of benzene rings is 2. The van der Waals surface area contributed by atoms with Gasteiger partial charge in [0, 0.05) is 5.56 Å². The normalized spacial score (nSPS) is 10.9. The first-order chi connectivity index (χ1) is 11.9. The molecule has 0 heterocycles. The fraction of sp³-hybridized carbons (Fsp3) is 0.294. The smallest absolute Gasteiger partial charge is 0.200 e. The fourth-order valence-electron chi connectivity index (χ4n) is 1.87. The molecule has 2 aromatic rings. The summed E-state index contributed by atoms with van der Waals surface area (Å²) in [6.07, 6.45) is 3.38. The second-order valence-corrected chi connectivity index (χ2v) is 6.18. The van der Waals surface area contributed by atoms with Crippen LogP contribution in [0.4, 0.5) is 30.7 Å². The molecule has 0 aliphatic carbocycles. The molecule has 0 saturated carbocycles. The van der Waals surface area contributed by atoms with E-state index in [9.17, 15) is 30.7 Å². The summed E-state index contributed by atoms with van der Waals surface area (Å²) in [6.45, 7) is 2.13. The summed E-state index contributed by atoms with van der Waals surface area (Å²) >= 11 is 0. The van der Waals surface area contributed by atoms with Crippen LogP contribution in [0.3, 0.4) is 0 Å². The maximum atomic E-state index is 13.4. The summed E-state index contributed by atoms with van der Waals surface area (Å²) in [6, 6.07) is 4.22. The molecule has 0 spiro atoms. The number of hydrogen-bond acceptors (Lipinski definition) is 0. The molecule has 138 valence electrons. The molecular formula is C17H16F7P. The van der Waals surface area contributed by atoms with Crippen molar-refractivity contribution in [3.05, 3.63) is 59.2 Å². The highest BCUT2D eigenvalue weighted by Crippen LogP contribution is 2.32. The lowest BCUT2D eigenvalue weighted by molar-refractivity contribution is 0.381. The summed E-state index contributed by atoms with van der Waals surface area (Å²) in [4.78, 5) is 0. The Kier molecular flexibility index (Phi) is 8.90. The van der Waals surface area contributed by atoms with Crippen LogP contribution in [0.2, 0.25) is 0 Å². The van der Waals surface area contributed by atoms with Crippen molar-refractivity contribution in [1.82, 2.24) is 0 Å². The van der Waals surface area contributed by atoms with Crippen molar-refractivity contribution >= 4 is 8.58 Å². The van der Waals surface area contributed by atoms with E-state index in [-0.39, 0.29) is 6.42 Å². The number of rotatable bonds is 5. The maximum Gasteiger partial charge on any atom is 0.200 e. The van der Waals surface area contributed by atoms with Crippen LogP contribution < -0.4 is 0 Å². The predicted molar refractivity (Wildman–Crippen MR) is 85.7 cm³/mol. The Bertz CT molecular complexity index is 671. The lowest BCUT2D eigenvalue weighted by atomic mass is 10.0. The standard InChI is InChI=1S/C12H4F6.C5H12FP/c13-6-4-2-1-3-5(6)7-8(14)10(16)12(18)11(17)9(7)15;1-2-3-4-7-5-6/h1-4H;7H,2-5H2,1H3. The van der Waals surface area contributed by atoms with Gasteiger partial charge in [0.05, 0.1) is 5.56 Å². The van der Waals surface area contributed by atoms with Crippen molar-refractivity contribution in [2.24, 2.45) is 0 Å². The Morgan fingerprint density at radius 1 is 0.800 bits per heavy atom. The average Bonchev–Trinajstić information content (AvgIpc) is 2.61. The summed E-state index contributed by atoms with van der Waals surface area (Å²) in [7, 11) is 0.555. The highest BCUT2D eigenvalue weighted by Gasteiger charge is 2.27. The lowest BCUT2D eigenvalue weighted by Gasteiger charge is -2.08. The molecule has 0 aliphatic heterocycles. The summed E-state index contributed by atoms with van der Waals surface area (Å²) < 4.78 is 90.1. The van der Waals surface area contributed by atoms with Crippen LogP contribution in [0, 0.1) is 34.9 Å². The minimum Gasteiger partial charge on any atom is -0.246 e. The molecule has 0 aliphatic rings. The molecule has 0 bridgehead atoms. The molecular weight excluding hydrogens is 368 g/mol. The van der Waals surface area contributed by atoms with Crippen LogP contribution in [0.25, 0.3) is 11.1 Å². The Labute approximate surface area is 142 Å². The predicted octanol–water partition coefficient (Wildman–Crippen LogP) is 6.58. The van der Waals surface area contributed by atoms with Crippen molar-refractivity contribution in [2.45, 2.75) is 19.8 Å². The highest BCUT2D eigenvalue weighted by molar-refractivity contribution is 7.37. The van der Waals surface area contributed by atoms with Crippen LogP contribution >= 0.6 is 8.58 Å². The minimum atomic E-state index is -2.27. The quantitative estimate of drug-likeness (QED) is 0.180. The molecule has 0 radical (unpaired) electrons. The molecule has 8 heteroatoms. The van der Waals surface area contributed by atoms with Gasteiger partial charge in [-0.15, -0.1) is 0 Å². The molecule has 2 aromatic carbocycles. The van der Waals surface area contributed by atoms with Gasteiger partial charge < -0.3 is 0 Å². The summed E-state index contributed by atoms with van der Waals surface area (Å²) in [5.41, 5.74) is -1.96. The van der Waals surface area contributed by atoms with Gasteiger partial charge in [0.25, 0.3) is 0 Å². The van der Waals surface area contributed by atoms with Gasteiger partial charge in [-0.2, -0.15) is 0 Å². The molecule has 2 rings (SSSR count). The zero-order chi connectivity index (χ0) is 19.0. The fourth-order valence-corrected chi connectivity index (χ4v) is 2.61. The molecule has 0 amide bonds. The van der Waals surface area contributed by atoms with Gasteiger partial charge in [0.15, 0.2) is 23.3 Å². The van der Waals surface area contributed by atoms with E-state index >= 15 is 0 Å². The van der Waals surface area contributed by atoms with E-state index in [0.29, 0.717) is 8.58 Å². The maximum absolute atomic E-state index is 13.4. The van der Waals surface area contributed by atoms with Crippen LogP contribution in [-0.2, 0) is 0 Å². The second-order valence-electron chi connectivity index (χ2n) is 4.91. The van der Waals surface area contributed by atoms with Gasteiger partial charge in [-0.25, -0.2) is 30.7 Å². The SMILES string of the molecule is CCCCPCF.Fc1ccccc1-c1c(F)c(F)c(F)c(F)c1F. The zero-order valence-corrected chi connectivity index (χ0v) is 14.3. The van der Waals surface area contributed by atoms with E-state index in [1.807, 2.05) is 0 Å². The van der Waals surface area contributed by atoms with Crippen LogP contribution in [-0.4, -0.2) is 12.6 Å². The van der Waals surface area contributed by atoms with E-state index in [1.165, 1.54) is 25.0 Å². The number of halogens is 7. The van der Waals surface area contributed by atoms with Gasteiger partial charge in [0.2, 0.25) is 5.82 Å².